The van der Waals surface area contributed by atoms with Crippen LogP contribution in [0.4, 0.5) is 0 Å². The van der Waals surface area contributed by atoms with Crippen molar-refractivity contribution in [3.8, 4) is 5.75 Å². The zero-order chi connectivity index (χ0) is 16.8. The van der Waals surface area contributed by atoms with Gasteiger partial charge in [-0.3, -0.25) is 4.79 Å². The van der Waals surface area contributed by atoms with Crippen LogP contribution < -0.4 is 4.74 Å². The Morgan fingerprint density at radius 1 is 1.08 bits per heavy atom. The Labute approximate surface area is 146 Å². The van der Waals surface area contributed by atoms with Crippen molar-refractivity contribution in [3.63, 3.8) is 0 Å². The SMILES string of the molecule is COc1ccc(C2CCCCN(C(=O)CCC3CCCC3)C2)cc1. The lowest BCUT2D eigenvalue weighted by Gasteiger charge is -2.25. The topological polar surface area (TPSA) is 29.5 Å². The second-order valence-corrected chi connectivity index (χ2v) is 7.49. The van der Waals surface area contributed by atoms with Gasteiger partial charge in [-0.2, -0.15) is 0 Å². The quantitative estimate of drug-likeness (QED) is 0.779. The molecule has 3 heteroatoms. The number of ether oxygens (including phenoxy) is 1. The van der Waals surface area contributed by atoms with Gasteiger partial charge in [-0.1, -0.05) is 44.2 Å². The largest absolute Gasteiger partial charge is 0.497 e. The molecule has 24 heavy (non-hydrogen) atoms. The van der Waals surface area contributed by atoms with E-state index in [1.807, 2.05) is 12.1 Å². The van der Waals surface area contributed by atoms with Crippen LogP contribution in [0.1, 0.15) is 69.3 Å². The first-order chi connectivity index (χ1) is 11.8. The molecule has 0 bridgehead atoms. The van der Waals surface area contributed by atoms with Gasteiger partial charge in [-0.15, -0.1) is 0 Å². The number of hydrogen-bond donors (Lipinski definition) is 0. The summed E-state index contributed by atoms with van der Waals surface area (Å²) < 4.78 is 5.26. The molecule has 0 N–H and O–H groups in total. The van der Waals surface area contributed by atoms with E-state index in [0.717, 1.165) is 44.0 Å². The zero-order valence-electron chi connectivity index (χ0n) is 15.0. The maximum Gasteiger partial charge on any atom is 0.222 e. The van der Waals surface area contributed by atoms with Gasteiger partial charge in [0.25, 0.3) is 0 Å². The summed E-state index contributed by atoms with van der Waals surface area (Å²) in [5.74, 6) is 2.55. The van der Waals surface area contributed by atoms with Gasteiger partial charge in [0.15, 0.2) is 0 Å². The predicted molar refractivity (Wildman–Crippen MR) is 97.4 cm³/mol. The van der Waals surface area contributed by atoms with Crippen molar-refractivity contribution in [1.82, 2.24) is 4.90 Å². The molecule has 1 aliphatic heterocycles. The molecular formula is C21H31NO2. The number of amides is 1. The maximum absolute atomic E-state index is 12.7. The van der Waals surface area contributed by atoms with Crippen LogP contribution in [0.15, 0.2) is 24.3 Å². The van der Waals surface area contributed by atoms with Crippen LogP contribution in [-0.2, 0) is 4.79 Å². The standard InChI is InChI=1S/C21H31NO2/c1-24-20-12-10-18(11-13-20)19-8-4-5-15-22(16-19)21(23)14-9-17-6-2-3-7-17/h10-13,17,19H,2-9,14-16H2,1H3. The Morgan fingerprint density at radius 2 is 1.79 bits per heavy atom. The van der Waals surface area contributed by atoms with Crippen molar-refractivity contribution in [2.45, 2.75) is 63.7 Å². The Hall–Kier alpha value is -1.51. The highest BCUT2D eigenvalue weighted by molar-refractivity contribution is 5.76. The maximum atomic E-state index is 12.7. The van der Waals surface area contributed by atoms with Crippen LogP contribution in [-0.4, -0.2) is 31.0 Å². The lowest BCUT2D eigenvalue weighted by molar-refractivity contribution is -0.131. The van der Waals surface area contributed by atoms with Gasteiger partial charge in [0.1, 0.15) is 5.75 Å². The summed E-state index contributed by atoms with van der Waals surface area (Å²) >= 11 is 0. The molecule has 0 spiro atoms. The lowest BCUT2D eigenvalue weighted by Crippen LogP contribution is -2.34. The van der Waals surface area contributed by atoms with Gasteiger partial charge in [0.05, 0.1) is 7.11 Å². The Balaban J connectivity index is 1.57. The van der Waals surface area contributed by atoms with E-state index in [1.54, 1.807) is 7.11 Å². The molecule has 1 aromatic rings. The number of likely N-dealkylation sites (tertiary alicyclic amines) is 1. The minimum atomic E-state index is 0.377. The molecule has 132 valence electrons. The molecule has 3 nitrogen and oxygen atoms in total. The van der Waals surface area contributed by atoms with Crippen LogP contribution >= 0.6 is 0 Å². The third-order valence-electron chi connectivity index (χ3n) is 5.85. The molecule has 1 aliphatic carbocycles. The minimum absolute atomic E-state index is 0.377. The summed E-state index contributed by atoms with van der Waals surface area (Å²) in [6.07, 6.45) is 10.8. The van der Waals surface area contributed by atoms with Crippen LogP contribution in [0, 0.1) is 5.92 Å². The monoisotopic (exact) mass is 329 g/mol. The van der Waals surface area contributed by atoms with Gasteiger partial charge >= 0.3 is 0 Å². The molecule has 1 saturated heterocycles. The van der Waals surface area contributed by atoms with E-state index in [0.29, 0.717) is 11.8 Å². The van der Waals surface area contributed by atoms with Crippen LogP contribution in [0.3, 0.4) is 0 Å². The van der Waals surface area contributed by atoms with Gasteiger partial charge in [-0.25, -0.2) is 0 Å². The summed E-state index contributed by atoms with van der Waals surface area (Å²) in [5, 5.41) is 0. The van der Waals surface area contributed by atoms with Gasteiger partial charge < -0.3 is 9.64 Å². The fraction of sp³-hybridized carbons (Fsp3) is 0.667. The zero-order valence-corrected chi connectivity index (χ0v) is 15.0. The van der Waals surface area contributed by atoms with Gasteiger partial charge in [0, 0.05) is 25.4 Å². The molecule has 0 aromatic heterocycles. The van der Waals surface area contributed by atoms with Crippen LogP contribution in [0.25, 0.3) is 0 Å². The van der Waals surface area contributed by atoms with Crippen LogP contribution in [0.5, 0.6) is 5.75 Å². The number of nitrogens with zero attached hydrogens (tertiary/aromatic N) is 1. The fourth-order valence-corrected chi connectivity index (χ4v) is 4.30. The minimum Gasteiger partial charge on any atom is -0.497 e. The average molecular weight is 329 g/mol. The second kappa shape index (κ2) is 8.55. The summed E-state index contributed by atoms with van der Waals surface area (Å²) in [7, 11) is 1.70. The smallest absolute Gasteiger partial charge is 0.222 e. The lowest BCUT2D eigenvalue weighted by atomic mass is 9.94. The van der Waals surface area contributed by atoms with Crippen molar-refractivity contribution in [2.75, 3.05) is 20.2 Å². The summed E-state index contributed by atoms with van der Waals surface area (Å²) in [6, 6.07) is 8.39. The number of methoxy groups -OCH3 is 1. The number of carbonyl (C=O) groups excluding carboxylic acids is 1. The molecule has 1 aromatic carbocycles. The Bertz CT molecular complexity index is 519. The highest BCUT2D eigenvalue weighted by atomic mass is 16.5. The molecule has 1 heterocycles. The van der Waals surface area contributed by atoms with E-state index < -0.39 is 0 Å². The van der Waals surface area contributed by atoms with E-state index in [2.05, 4.69) is 17.0 Å². The molecule has 1 unspecified atom stereocenters. The normalized spacial score (nSPS) is 22.4. The molecule has 0 radical (unpaired) electrons. The third kappa shape index (κ3) is 4.52. The predicted octanol–water partition coefficient (Wildman–Crippen LogP) is 4.76. The Morgan fingerprint density at radius 3 is 2.50 bits per heavy atom. The second-order valence-electron chi connectivity index (χ2n) is 7.49. The first kappa shape index (κ1) is 17.3. The van der Waals surface area contributed by atoms with Gasteiger partial charge in [-0.05, 0) is 42.9 Å². The number of benzene rings is 1. The Kier molecular flexibility index (Phi) is 6.17. The van der Waals surface area contributed by atoms with Crippen molar-refractivity contribution in [1.29, 1.82) is 0 Å². The average Bonchev–Trinajstić information content (AvgIpc) is 3.02. The number of hydrogen-bond acceptors (Lipinski definition) is 2. The van der Waals surface area contributed by atoms with E-state index in [9.17, 15) is 4.79 Å². The first-order valence-electron chi connectivity index (χ1n) is 9.68. The number of rotatable bonds is 5. The van der Waals surface area contributed by atoms with Crippen molar-refractivity contribution in [3.05, 3.63) is 29.8 Å². The molecular weight excluding hydrogens is 298 g/mol. The molecule has 3 rings (SSSR count). The van der Waals surface area contributed by atoms with Crippen molar-refractivity contribution < 1.29 is 9.53 Å². The molecule has 1 atom stereocenters. The number of carbonyl (C=O) groups is 1. The van der Waals surface area contributed by atoms with E-state index >= 15 is 0 Å². The van der Waals surface area contributed by atoms with E-state index in [-0.39, 0.29) is 0 Å². The highest BCUT2D eigenvalue weighted by Crippen LogP contribution is 2.30. The highest BCUT2D eigenvalue weighted by Gasteiger charge is 2.24. The first-order valence-corrected chi connectivity index (χ1v) is 9.68. The van der Waals surface area contributed by atoms with Crippen molar-refractivity contribution in [2.24, 2.45) is 5.92 Å². The third-order valence-corrected chi connectivity index (χ3v) is 5.85. The fourth-order valence-electron chi connectivity index (χ4n) is 4.30. The van der Waals surface area contributed by atoms with E-state index in [4.69, 9.17) is 4.74 Å². The molecule has 1 saturated carbocycles. The van der Waals surface area contributed by atoms with Gasteiger partial charge in [0.2, 0.25) is 5.91 Å². The summed E-state index contributed by atoms with van der Waals surface area (Å²) in [6.45, 7) is 1.83. The molecule has 2 fully saturated rings. The van der Waals surface area contributed by atoms with E-state index in [1.165, 1.54) is 44.1 Å². The molecule has 2 aliphatic rings. The van der Waals surface area contributed by atoms with Crippen molar-refractivity contribution >= 4 is 5.91 Å². The summed E-state index contributed by atoms with van der Waals surface area (Å²) in [4.78, 5) is 14.8. The summed E-state index contributed by atoms with van der Waals surface area (Å²) in [5.41, 5.74) is 1.34. The molecule has 1 amide bonds. The van der Waals surface area contributed by atoms with Crippen LogP contribution in [0.2, 0.25) is 0 Å².